The second-order valence-electron chi connectivity index (χ2n) is 6.98. The summed E-state index contributed by atoms with van der Waals surface area (Å²) >= 11 is 0. The number of carbonyl (C=O) groups excluding carboxylic acids is 2. The maximum atomic E-state index is 12.4. The molecule has 2 fully saturated rings. The predicted molar refractivity (Wildman–Crippen MR) is 102 cm³/mol. The lowest BCUT2D eigenvalue weighted by molar-refractivity contribution is 0.00862. The van der Waals surface area contributed by atoms with Crippen LogP contribution in [-0.4, -0.2) is 49.6 Å². The van der Waals surface area contributed by atoms with Gasteiger partial charge in [0, 0.05) is 11.3 Å². The SMILES string of the molecule is Cc1ccc(C(=O)NC2COC3C(OC(=O)Nc4ccccc4)COC23)cc1. The molecule has 2 amide bonds. The Balaban J connectivity index is 1.32. The van der Waals surface area contributed by atoms with Crippen molar-refractivity contribution in [2.45, 2.75) is 31.3 Å². The lowest BCUT2D eigenvalue weighted by Crippen LogP contribution is -2.44. The molecule has 0 aliphatic carbocycles. The monoisotopic (exact) mass is 382 g/mol. The van der Waals surface area contributed by atoms with Gasteiger partial charge in [0.05, 0.1) is 19.3 Å². The number of hydrogen-bond donors (Lipinski definition) is 2. The minimum Gasteiger partial charge on any atom is -0.441 e. The van der Waals surface area contributed by atoms with Crippen molar-refractivity contribution < 1.29 is 23.8 Å². The fourth-order valence-electron chi connectivity index (χ4n) is 3.45. The minimum atomic E-state index is -0.559. The van der Waals surface area contributed by atoms with Crippen LogP contribution in [0.25, 0.3) is 0 Å². The highest BCUT2D eigenvalue weighted by molar-refractivity contribution is 5.94. The van der Waals surface area contributed by atoms with E-state index in [-0.39, 0.29) is 24.7 Å². The van der Waals surface area contributed by atoms with Gasteiger partial charge in [-0.1, -0.05) is 35.9 Å². The van der Waals surface area contributed by atoms with Gasteiger partial charge in [0.25, 0.3) is 5.91 Å². The fraction of sp³-hybridized carbons (Fsp3) is 0.333. The van der Waals surface area contributed by atoms with Crippen molar-refractivity contribution in [3.8, 4) is 0 Å². The Morgan fingerprint density at radius 1 is 0.964 bits per heavy atom. The van der Waals surface area contributed by atoms with Crippen molar-refractivity contribution in [1.29, 1.82) is 0 Å². The zero-order chi connectivity index (χ0) is 19.5. The number of anilines is 1. The summed E-state index contributed by atoms with van der Waals surface area (Å²) in [6.45, 7) is 2.51. The average molecular weight is 382 g/mol. The van der Waals surface area contributed by atoms with Gasteiger partial charge in [-0.25, -0.2) is 4.79 Å². The molecule has 2 saturated heterocycles. The number of hydrogen-bond acceptors (Lipinski definition) is 5. The highest BCUT2D eigenvalue weighted by Crippen LogP contribution is 2.29. The summed E-state index contributed by atoms with van der Waals surface area (Å²) in [6, 6.07) is 16.1. The van der Waals surface area contributed by atoms with Crippen molar-refractivity contribution in [1.82, 2.24) is 5.32 Å². The van der Waals surface area contributed by atoms with E-state index in [1.165, 1.54) is 0 Å². The molecule has 7 nitrogen and oxygen atoms in total. The normalized spacial score (nSPS) is 25.8. The molecular formula is C21H22N2O5. The number of rotatable bonds is 4. The number of nitrogens with one attached hydrogen (secondary N) is 2. The van der Waals surface area contributed by atoms with Crippen molar-refractivity contribution in [2.24, 2.45) is 0 Å². The summed E-state index contributed by atoms with van der Waals surface area (Å²) in [5.74, 6) is -0.177. The first-order valence-electron chi connectivity index (χ1n) is 9.23. The largest absolute Gasteiger partial charge is 0.441 e. The van der Waals surface area contributed by atoms with E-state index in [1.54, 1.807) is 24.3 Å². The van der Waals surface area contributed by atoms with E-state index in [9.17, 15) is 9.59 Å². The van der Waals surface area contributed by atoms with Gasteiger partial charge in [-0.15, -0.1) is 0 Å². The number of amides is 2. The molecule has 0 saturated carbocycles. The van der Waals surface area contributed by atoms with Crippen LogP contribution in [0.3, 0.4) is 0 Å². The molecule has 146 valence electrons. The van der Waals surface area contributed by atoms with Crippen LogP contribution in [0.1, 0.15) is 15.9 Å². The molecular weight excluding hydrogens is 360 g/mol. The van der Waals surface area contributed by atoms with E-state index >= 15 is 0 Å². The quantitative estimate of drug-likeness (QED) is 0.849. The first-order valence-corrected chi connectivity index (χ1v) is 9.23. The van der Waals surface area contributed by atoms with Gasteiger partial charge < -0.3 is 19.5 Å². The van der Waals surface area contributed by atoms with Crippen LogP contribution in [0.5, 0.6) is 0 Å². The molecule has 2 aliphatic rings. The molecule has 4 unspecified atom stereocenters. The molecule has 2 aromatic carbocycles. The van der Waals surface area contributed by atoms with E-state index < -0.39 is 18.3 Å². The number of aryl methyl sites for hydroxylation is 1. The zero-order valence-corrected chi connectivity index (χ0v) is 15.5. The predicted octanol–water partition coefficient (Wildman–Crippen LogP) is 2.51. The van der Waals surface area contributed by atoms with E-state index in [0.29, 0.717) is 17.9 Å². The second-order valence-corrected chi connectivity index (χ2v) is 6.98. The van der Waals surface area contributed by atoms with Crippen LogP contribution in [0, 0.1) is 6.92 Å². The van der Waals surface area contributed by atoms with Crippen LogP contribution >= 0.6 is 0 Å². The first-order chi connectivity index (χ1) is 13.6. The Bertz CT molecular complexity index is 840. The van der Waals surface area contributed by atoms with Crippen molar-refractivity contribution >= 4 is 17.7 Å². The topological polar surface area (TPSA) is 85.9 Å². The highest BCUT2D eigenvalue weighted by atomic mass is 16.6. The lowest BCUT2D eigenvalue weighted by atomic mass is 10.1. The third-order valence-corrected chi connectivity index (χ3v) is 4.92. The Morgan fingerprint density at radius 2 is 1.68 bits per heavy atom. The van der Waals surface area contributed by atoms with Crippen LogP contribution < -0.4 is 10.6 Å². The zero-order valence-electron chi connectivity index (χ0n) is 15.5. The van der Waals surface area contributed by atoms with Gasteiger partial charge in [-0.3, -0.25) is 10.1 Å². The summed E-state index contributed by atoms with van der Waals surface area (Å²) in [7, 11) is 0. The van der Waals surface area contributed by atoms with Crippen LogP contribution in [0.2, 0.25) is 0 Å². The first kappa shape index (κ1) is 18.5. The van der Waals surface area contributed by atoms with Gasteiger partial charge in [0.2, 0.25) is 0 Å². The molecule has 0 bridgehead atoms. The maximum Gasteiger partial charge on any atom is 0.412 e. The molecule has 0 spiro atoms. The molecule has 4 atom stereocenters. The second kappa shape index (κ2) is 8.00. The molecule has 28 heavy (non-hydrogen) atoms. The van der Waals surface area contributed by atoms with E-state index in [0.717, 1.165) is 5.56 Å². The number of para-hydroxylation sites is 1. The summed E-state index contributed by atoms with van der Waals surface area (Å²) in [6.07, 6.45) is -1.82. The van der Waals surface area contributed by atoms with Gasteiger partial charge >= 0.3 is 6.09 Å². The van der Waals surface area contributed by atoms with Gasteiger partial charge in [-0.2, -0.15) is 0 Å². The Kier molecular flexibility index (Phi) is 5.27. The van der Waals surface area contributed by atoms with E-state index in [2.05, 4.69) is 10.6 Å². The number of benzene rings is 2. The van der Waals surface area contributed by atoms with Gasteiger partial charge in [-0.05, 0) is 31.2 Å². The van der Waals surface area contributed by atoms with Crippen LogP contribution in [0.15, 0.2) is 54.6 Å². The van der Waals surface area contributed by atoms with Gasteiger partial charge in [0.1, 0.15) is 12.2 Å². The summed E-state index contributed by atoms with van der Waals surface area (Å²) < 4.78 is 17.0. The third-order valence-electron chi connectivity index (χ3n) is 4.92. The summed E-state index contributed by atoms with van der Waals surface area (Å²) in [5, 5.41) is 5.63. The molecule has 2 aliphatic heterocycles. The van der Waals surface area contributed by atoms with Crippen LogP contribution in [0.4, 0.5) is 10.5 Å². The molecule has 4 rings (SSSR count). The van der Waals surface area contributed by atoms with Crippen LogP contribution in [-0.2, 0) is 14.2 Å². The number of carbonyl (C=O) groups is 2. The highest BCUT2D eigenvalue weighted by Gasteiger charge is 2.50. The molecule has 0 radical (unpaired) electrons. The van der Waals surface area contributed by atoms with Gasteiger partial charge in [0.15, 0.2) is 6.10 Å². The maximum absolute atomic E-state index is 12.4. The molecule has 2 heterocycles. The Morgan fingerprint density at radius 3 is 2.43 bits per heavy atom. The number of fused-ring (bicyclic) bond motifs is 1. The third kappa shape index (κ3) is 4.00. The molecule has 2 aromatic rings. The summed E-state index contributed by atoms with van der Waals surface area (Å²) in [5.41, 5.74) is 2.33. The smallest absolute Gasteiger partial charge is 0.412 e. The van der Waals surface area contributed by atoms with Crippen molar-refractivity contribution in [3.05, 3.63) is 65.7 Å². The molecule has 7 heteroatoms. The Labute approximate surface area is 163 Å². The lowest BCUT2D eigenvalue weighted by Gasteiger charge is -2.18. The van der Waals surface area contributed by atoms with E-state index in [4.69, 9.17) is 14.2 Å². The Hall–Kier alpha value is -2.90. The average Bonchev–Trinajstić information content (AvgIpc) is 3.27. The number of ether oxygens (including phenoxy) is 3. The fourth-order valence-corrected chi connectivity index (χ4v) is 3.45. The standard InChI is InChI=1S/C21H22N2O5/c1-13-7-9-14(10-8-13)20(24)23-16-11-26-19-17(12-27-18(16)19)28-21(25)22-15-5-3-2-4-6-15/h2-10,16-19H,11-12H2,1H3,(H,22,25)(H,23,24). The van der Waals surface area contributed by atoms with E-state index in [1.807, 2.05) is 37.3 Å². The molecule has 0 aromatic heterocycles. The van der Waals surface area contributed by atoms with Crippen molar-refractivity contribution in [3.63, 3.8) is 0 Å². The van der Waals surface area contributed by atoms with Crippen molar-refractivity contribution in [2.75, 3.05) is 18.5 Å². The molecule has 2 N–H and O–H groups in total. The minimum absolute atomic E-state index is 0.177. The summed E-state index contributed by atoms with van der Waals surface area (Å²) in [4.78, 5) is 24.6.